The number of aliphatic hydroxyl groups is 1. The van der Waals surface area contributed by atoms with Crippen molar-refractivity contribution in [1.82, 2.24) is 0 Å². The van der Waals surface area contributed by atoms with E-state index in [9.17, 15) is 5.11 Å². The van der Waals surface area contributed by atoms with Crippen LogP contribution in [0.1, 0.15) is 20.8 Å². The zero-order valence-corrected chi connectivity index (χ0v) is 9.57. The van der Waals surface area contributed by atoms with Crippen LogP contribution in [0, 0.1) is 0 Å². The molecular formula is C14H18O. The minimum Gasteiger partial charge on any atom is -0.382 e. The second kappa shape index (κ2) is 4.94. The summed E-state index contributed by atoms with van der Waals surface area (Å²) in [6, 6.07) is 0. The summed E-state index contributed by atoms with van der Waals surface area (Å²) in [5.41, 5.74) is 1.44. The monoisotopic (exact) mass is 202 g/mol. The molecular weight excluding hydrogens is 184 g/mol. The highest BCUT2D eigenvalue weighted by atomic mass is 16.3. The Bertz CT molecular complexity index is 363. The topological polar surface area (TPSA) is 20.2 Å². The zero-order chi connectivity index (χ0) is 11.3. The van der Waals surface area contributed by atoms with E-state index < -0.39 is 5.60 Å². The van der Waals surface area contributed by atoms with Crippen molar-refractivity contribution in [1.29, 1.82) is 0 Å². The van der Waals surface area contributed by atoms with Crippen LogP contribution < -0.4 is 0 Å². The number of rotatable bonds is 2. The molecule has 1 nitrogen and oxygen atoms in total. The van der Waals surface area contributed by atoms with Gasteiger partial charge in [0, 0.05) is 0 Å². The Labute approximate surface area is 91.8 Å². The van der Waals surface area contributed by atoms with Gasteiger partial charge in [0.1, 0.15) is 0 Å². The van der Waals surface area contributed by atoms with Gasteiger partial charge >= 0.3 is 0 Å². The van der Waals surface area contributed by atoms with E-state index in [1.807, 2.05) is 38.2 Å². The predicted octanol–water partition coefficient (Wildman–Crippen LogP) is 3.31. The van der Waals surface area contributed by atoms with Crippen LogP contribution in [-0.4, -0.2) is 10.7 Å². The molecule has 0 aromatic heterocycles. The van der Waals surface area contributed by atoms with Crippen LogP contribution in [0.15, 0.2) is 59.8 Å². The molecule has 0 saturated heterocycles. The summed E-state index contributed by atoms with van der Waals surface area (Å²) < 4.78 is 0. The van der Waals surface area contributed by atoms with E-state index in [4.69, 9.17) is 0 Å². The maximum Gasteiger partial charge on any atom is 0.0986 e. The van der Waals surface area contributed by atoms with Crippen molar-refractivity contribution in [3.8, 4) is 0 Å². The van der Waals surface area contributed by atoms with E-state index in [-0.39, 0.29) is 0 Å². The molecule has 15 heavy (non-hydrogen) atoms. The van der Waals surface area contributed by atoms with Crippen LogP contribution in [0.25, 0.3) is 0 Å². The highest BCUT2D eigenvalue weighted by molar-refractivity contribution is 5.49. The summed E-state index contributed by atoms with van der Waals surface area (Å²) in [6.45, 7) is 5.77. The molecule has 1 N–H and O–H groups in total. The Hall–Kier alpha value is -1.34. The maximum absolute atomic E-state index is 9.81. The van der Waals surface area contributed by atoms with E-state index in [0.717, 1.165) is 11.1 Å². The SMILES string of the molecule is C/C=C\C(=C/C)C1=CC=CC(C)(O)C=C1. The Morgan fingerprint density at radius 3 is 2.67 bits per heavy atom. The van der Waals surface area contributed by atoms with Crippen LogP contribution in [0.4, 0.5) is 0 Å². The maximum atomic E-state index is 9.81. The first-order valence-corrected chi connectivity index (χ1v) is 5.19. The van der Waals surface area contributed by atoms with E-state index in [2.05, 4.69) is 12.2 Å². The molecule has 1 rings (SSSR count). The molecule has 0 spiro atoms. The van der Waals surface area contributed by atoms with Crippen molar-refractivity contribution in [3.63, 3.8) is 0 Å². The van der Waals surface area contributed by atoms with Gasteiger partial charge in [0.05, 0.1) is 5.60 Å². The average molecular weight is 202 g/mol. The normalized spacial score (nSPS) is 26.9. The minimum absolute atomic E-state index is 0.840. The molecule has 80 valence electrons. The Morgan fingerprint density at radius 1 is 1.33 bits per heavy atom. The fourth-order valence-corrected chi connectivity index (χ4v) is 1.45. The smallest absolute Gasteiger partial charge is 0.0986 e. The number of hydrogen-bond acceptors (Lipinski definition) is 1. The van der Waals surface area contributed by atoms with E-state index >= 15 is 0 Å². The quantitative estimate of drug-likeness (QED) is 0.681. The molecule has 1 unspecified atom stereocenters. The van der Waals surface area contributed by atoms with Crippen LogP contribution in [0.3, 0.4) is 0 Å². The van der Waals surface area contributed by atoms with Crippen molar-refractivity contribution in [3.05, 3.63) is 59.8 Å². The molecule has 1 heteroatoms. The first-order chi connectivity index (χ1) is 7.09. The average Bonchev–Trinajstić information content (AvgIpc) is 2.36. The highest BCUT2D eigenvalue weighted by Gasteiger charge is 2.12. The number of hydrogen-bond donors (Lipinski definition) is 1. The summed E-state index contributed by atoms with van der Waals surface area (Å²) in [5.74, 6) is 0. The predicted molar refractivity (Wildman–Crippen MR) is 65.6 cm³/mol. The third-order valence-electron chi connectivity index (χ3n) is 2.30. The summed E-state index contributed by atoms with van der Waals surface area (Å²) in [7, 11) is 0. The summed E-state index contributed by atoms with van der Waals surface area (Å²) in [4.78, 5) is 0. The van der Waals surface area contributed by atoms with Gasteiger partial charge in [-0.05, 0) is 44.1 Å². The minimum atomic E-state index is -0.840. The van der Waals surface area contributed by atoms with Crippen molar-refractivity contribution >= 4 is 0 Å². The molecule has 1 aliphatic carbocycles. The molecule has 0 bridgehead atoms. The van der Waals surface area contributed by atoms with Gasteiger partial charge < -0.3 is 5.11 Å². The molecule has 1 aliphatic rings. The fourth-order valence-electron chi connectivity index (χ4n) is 1.45. The standard InChI is InChI=1S/C14H18O/c1-4-7-12(5-2)13-8-6-10-14(3,15)11-9-13/h4-11,15H,1-3H3/b7-4-,12-5+. The van der Waals surface area contributed by atoms with Crippen LogP contribution in [0.5, 0.6) is 0 Å². The first kappa shape index (κ1) is 11.7. The second-order valence-corrected chi connectivity index (χ2v) is 3.78. The highest BCUT2D eigenvalue weighted by Crippen LogP contribution is 2.19. The molecule has 0 aromatic rings. The molecule has 0 fully saturated rings. The second-order valence-electron chi connectivity index (χ2n) is 3.78. The van der Waals surface area contributed by atoms with Crippen LogP contribution >= 0.6 is 0 Å². The van der Waals surface area contributed by atoms with Crippen molar-refractivity contribution < 1.29 is 5.11 Å². The zero-order valence-electron chi connectivity index (χ0n) is 9.57. The van der Waals surface area contributed by atoms with Gasteiger partial charge in [-0.15, -0.1) is 0 Å². The molecule has 0 aliphatic heterocycles. The molecule has 0 radical (unpaired) electrons. The summed E-state index contributed by atoms with van der Waals surface area (Å²) in [6.07, 6.45) is 15.6. The summed E-state index contributed by atoms with van der Waals surface area (Å²) >= 11 is 0. The van der Waals surface area contributed by atoms with Gasteiger partial charge in [0.15, 0.2) is 0 Å². The van der Waals surface area contributed by atoms with Gasteiger partial charge in [0.25, 0.3) is 0 Å². The molecule has 0 aromatic carbocycles. The van der Waals surface area contributed by atoms with Crippen LogP contribution in [0.2, 0.25) is 0 Å². The molecule has 0 saturated carbocycles. The third-order valence-corrected chi connectivity index (χ3v) is 2.30. The Kier molecular flexibility index (Phi) is 3.87. The van der Waals surface area contributed by atoms with Gasteiger partial charge in [-0.25, -0.2) is 0 Å². The lowest BCUT2D eigenvalue weighted by atomic mass is 10.0. The molecule has 1 atom stereocenters. The lowest BCUT2D eigenvalue weighted by Crippen LogP contribution is -2.15. The van der Waals surface area contributed by atoms with Gasteiger partial charge in [0.2, 0.25) is 0 Å². The van der Waals surface area contributed by atoms with E-state index in [0.29, 0.717) is 0 Å². The largest absolute Gasteiger partial charge is 0.382 e. The number of allylic oxidation sites excluding steroid dienone is 8. The van der Waals surface area contributed by atoms with E-state index in [1.54, 1.807) is 19.1 Å². The Balaban J connectivity index is 3.00. The van der Waals surface area contributed by atoms with Gasteiger partial charge in [-0.1, -0.05) is 36.5 Å². The van der Waals surface area contributed by atoms with E-state index in [1.165, 1.54) is 0 Å². The lowest BCUT2D eigenvalue weighted by Gasteiger charge is -2.11. The summed E-state index contributed by atoms with van der Waals surface area (Å²) in [5, 5.41) is 9.81. The van der Waals surface area contributed by atoms with Gasteiger partial charge in [-0.2, -0.15) is 0 Å². The van der Waals surface area contributed by atoms with Crippen molar-refractivity contribution in [2.75, 3.05) is 0 Å². The van der Waals surface area contributed by atoms with Crippen LogP contribution in [-0.2, 0) is 0 Å². The fraction of sp³-hybridized carbons (Fsp3) is 0.286. The Morgan fingerprint density at radius 2 is 2.07 bits per heavy atom. The molecule has 0 amide bonds. The first-order valence-electron chi connectivity index (χ1n) is 5.19. The third kappa shape index (κ3) is 3.37. The van der Waals surface area contributed by atoms with Crippen molar-refractivity contribution in [2.24, 2.45) is 0 Å². The van der Waals surface area contributed by atoms with Gasteiger partial charge in [-0.3, -0.25) is 0 Å². The van der Waals surface area contributed by atoms with Crippen molar-refractivity contribution in [2.45, 2.75) is 26.4 Å². The molecule has 0 heterocycles. The lowest BCUT2D eigenvalue weighted by molar-refractivity contribution is 0.164.